The Hall–Kier alpha value is -4.70. The number of carbonyl (C=O) groups excluding carboxylic acids is 1. The molecule has 3 heterocycles. The van der Waals surface area contributed by atoms with Crippen molar-refractivity contribution in [2.24, 2.45) is 0 Å². The van der Waals surface area contributed by atoms with Crippen LogP contribution in [0.15, 0.2) is 65.6 Å². The smallest absolute Gasteiger partial charge is 0.412 e. The van der Waals surface area contributed by atoms with Crippen LogP contribution in [-0.4, -0.2) is 37.3 Å². The maximum Gasteiger partial charge on any atom is 0.412 e. The van der Waals surface area contributed by atoms with Gasteiger partial charge in [0.05, 0.1) is 29.5 Å². The SMILES string of the molecule is Cc1noc(-c2cnc(-c3ccc(CC(=O)O)cc3)c3[nH]cnc23)c1NC(=O)OC(C)c1ccccc1Cl. The van der Waals surface area contributed by atoms with Gasteiger partial charge in [-0.2, -0.15) is 0 Å². The predicted molar refractivity (Wildman–Crippen MR) is 141 cm³/mol. The van der Waals surface area contributed by atoms with Crippen LogP contribution in [0.2, 0.25) is 5.02 Å². The summed E-state index contributed by atoms with van der Waals surface area (Å²) < 4.78 is 11.1. The average Bonchev–Trinajstić information content (AvgIpc) is 3.51. The minimum atomic E-state index is -0.898. The number of aromatic amines is 1. The zero-order valence-corrected chi connectivity index (χ0v) is 21.1. The molecule has 0 saturated carbocycles. The lowest BCUT2D eigenvalue weighted by atomic mass is 10.0. The number of H-pyrrole nitrogens is 1. The number of carboxylic acids is 1. The summed E-state index contributed by atoms with van der Waals surface area (Å²) in [5.74, 6) is -0.622. The van der Waals surface area contributed by atoms with Crippen molar-refractivity contribution in [3.63, 3.8) is 0 Å². The molecule has 3 N–H and O–H groups in total. The third kappa shape index (κ3) is 4.94. The number of fused-ring (bicyclic) bond motifs is 1. The number of amides is 1. The second-order valence-corrected chi connectivity index (χ2v) is 8.99. The summed E-state index contributed by atoms with van der Waals surface area (Å²) in [7, 11) is 0. The van der Waals surface area contributed by atoms with E-state index >= 15 is 0 Å². The highest BCUT2D eigenvalue weighted by atomic mass is 35.5. The van der Waals surface area contributed by atoms with Gasteiger partial charge in [-0.3, -0.25) is 15.1 Å². The first-order valence-corrected chi connectivity index (χ1v) is 12.0. The number of ether oxygens (including phenoxy) is 1. The van der Waals surface area contributed by atoms with Crippen molar-refractivity contribution in [3.05, 3.63) is 82.9 Å². The van der Waals surface area contributed by atoms with E-state index in [1.165, 1.54) is 6.33 Å². The van der Waals surface area contributed by atoms with Crippen LogP contribution in [0.25, 0.3) is 33.6 Å². The number of nitrogens with one attached hydrogen (secondary N) is 2. The number of halogens is 1. The second kappa shape index (κ2) is 10.3. The number of nitrogens with zero attached hydrogens (tertiary/aromatic N) is 3. The van der Waals surface area contributed by atoms with Crippen LogP contribution in [0, 0.1) is 6.92 Å². The first-order chi connectivity index (χ1) is 18.3. The monoisotopic (exact) mass is 531 g/mol. The van der Waals surface area contributed by atoms with Crippen molar-refractivity contribution >= 4 is 40.4 Å². The molecule has 1 amide bonds. The van der Waals surface area contributed by atoms with Crippen molar-refractivity contribution in [2.75, 3.05) is 5.32 Å². The van der Waals surface area contributed by atoms with Crippen molar-refractivity contribution in [1.82, 2.24) is 20.1 Å². The molecule has 2 aromatic carbocycles. The largest absolute Gasteiger partial charge is 0.481 e. The topological polar surface area (TPSA) is 143 Å². The normalized spacial score (nSPS) is 11.9. The Labute approximate surface area is 221 Å². The fraction of sp³-hybridized carbons (Fsp3) is 0.148. The molecule has 0 spiro atoms. The van der Waals surface area contributed by atoms with Gasteiger partial charge >= 0.3 is 12.1 Å². The van der Waals surface area contributed by atoms with Gasteiger partial charge < -0.3 is 19.4 Å². The lowest BCUT2D eigenvalue weighted by Gasteiger charge is -2.15. The summed E-state index contributed by atoms with van der Waals surface area (Å²) in [5, 5.41) is 16.3. The summed E-state index contributed by atoms with van der Waals surface area (Å²) in [4.78, 5) is 35.9. The van der Waals surface area contributed by atoms with Gasteiger partial charge in [0.25, 0.3) is 0 Å². The number of aromatic nitrogens is 4. The lowest BCUT2D eigenvalue weighted by molar-refractivity contribution is -0.136. The van der Waals surface area contributed by atoms with Crippen molar-refractivity contribution in [1.29, 1.82) is 0 Å². The standard InChI is InChI=1S/C27H22ClN5O5/c1-14-22(32-27(36)37-15(2)18-5-3-4-6-20(18)28)26(38-33-14)19-12-29-23(25-24(19)30-13-31-25)17-9-7-16(8-10-17)11-21(34)35/h3-10,12-13,15H,11H2,1-2H3,(H,30,31)(H,32,36)(H,34,35). The average molecular weight is 532 g/mol. The summed E-state index contributed by atoms with van der Waals surface area (Å²) in [6.07, 6.45) is 1.77. The van der Waals surface area contributed by atoms with Gasteiger partial charge in [-0.25, -0.2) is 9.78 Å². The Morgan fingerprint density at radius 3 is 2.66 bits per heavy atom. The zero-order valence-electron chi connectivity index (χ0n) is 20.4. The van der Waals surface area contributed by atoms with Crippen molar-refractivity contribution < 1.29 is 24.0 Å². The van der Waals surface area contributed by atoms with E-state index in [1.54, 1.807) is 50.4 Å². The number of imidazole rings is 1. The summed E-state index contributed by atoms with van der Waals surface area (Å²) in [6.45, 7) is 3.43. The first kappa shape index (κ1) is 25.0. The quantitative estimate of drug-likeness (QED) is 0.226. The predicted octanol–water partition coefficient (Wildman–Crippen LogP) is 6.18. The van der Waals surface area contributed by atoms with Gasteiger partial charge in [-0.1, -0.05) is 59.2 Å². The number of carbonyl (C=O) groups is 2. The first-order valence-electron chi connectivity index (χ1n) is 11.6. The number of hydrogen-bond acceptors (Lipinski definition) is 7. The van der Waals surface area contributed by atoms with E-state index in [-0.39, 0.29) is 12.2 Å². The Morgan fingerprint density at radius 1 is 1.16 bits per heavy atom. The second-order valence-electron chi connectivity index (χ2n) is 8.58. The Kier molecular flexibility index (Phi) is 6.80. The number of carboxylic acid groups (broad SMARTS) is 1. The molecular weight excluding hydrogens is 510 g/mol. The van der Waals surface area contributed by atoms with E-state index in [1.807, 2.05) is 18.2 Å². The summed E-state index contributed by atoms with van der Waals surface area (Å²) >= 11 is 6.23. The maximum absolute atomic E-state index is 12.8. The Bertz CT molecular complexity index is 1640. The van der Waals surface area contributed by atoms with Crippen LogP contribution >= 0.6 is 11.6 Å². The molecule has 0 aliphatic rings. The van der Waals surface area contributed by atoms with Crippen LogP contribution in [0.3, 0.4) is 0 Å². The molecule has 0 saturated heterocycles. The highest BCUT2D eigenvalue weighted by molar-refractivity contribution is 6.31. The van der Waals surface area contributed by atoms with E-state index in [0.29, 0.717) is 49.8 Å². The third-order valence-electron chi connectivity index (χ3n) is 6.00. The van der Waals surface area contributed by atoms with Gasteiger partial charge in [0.15, 0.2) is 5.76 Å². The molecule has 0 radical (unpaired) electrons. The number of benzene rings is 2. The molecule has 5 rings (SSSR count). The van der Waals surface area contributed by atoms with Crippen LogP contribution in [0.1, 0.15) is 29.8 Å². The van der Waals surface area contributed by atoms with Gasteiger partial charge in [-0.15, -0.1) is 0 Å². The molecule has 192 valence electrons. The minimum Gasteiger partial charge on any atom is -0.481 e. The van der Waals surface area contributed by atoms with Gasteiger partial charge in [0.1, 0.15) is 23.0 Å². The minimum absolute atomic E-state index is 0.0632. The number of anilines is 1. The molecule has 5 aromatic rings. The van der Waals surface area contributed by atoms with E-state index in [4.69, 9.17) is 26.0 Å². The molecule has 38 heavy (non-hydrogen) atoms. The fourth-order valence-electron chi connectivity index (χ4n) is 4.14. The number of hydrogen-bond donors (Lipinski definition) is 3. The number of pyridine rings is 1. The van der Waals surface area contributed by atoms with E-state index in [9.17, 15) is 9.59 Å². The molecule has 0 fully saturated rings. The van der Waals surface area contributed by atoms with Crippen LogP contribution in [0.4, 0.5) is 10.5 Å². The van der Waals surface area contributed by atoms with Crippen molar-refractivity contribution in [2.45, 2.75) is 26.4 Å². The molecule has 0 bridgehead atoms. The third-order valence-corrected chi connectivity index (χ3v) is 6.34. The van der Waals surface area contributed by atoms with Crippen LogP contribution < -0.4 is 5.32 Å². The summed E-state index contributed by atoms with van der Waals surface area (Å²) in [5.41, 5.74) is 5.27. The number of rotatable bonds is 7. The Morgan fingerprint density at radius 2 is 1.92 bits per heavy atom. The molecule has 0 aliphatic carbocycles. The van der Waals surface area contributed by atoms with E-state index in [0.717, 1.165) is 5.56 Å². The molecule has 11 heteroatoms. The van der Waals surface area contributed by atoms with Crippen molar-refractivity contribution in [3.8, 4) is 22.6 Å². The summed E-state index contributed by atoms with van der Waals surface area (Å²) in [6, 6.07) is 14.2. The molecule has 0 aliphatic heterocycles. The van der Waals surface area contributed by atoms with E-state index < -0.39 is 18.2 Å². The van der Waals surface area contributed by atoms with Gasteiger partial charge in [0.2, 0.25) is 0 Å². The molecule has 1 atom stereocenters. The highest BCUT2D eigenvalue weighted by Gasteiger charge is 2.24. The molecule has 10 nitrogen and oxygen atoms in total. The molecule has 1 unspecified atom stereocenters. The highest BCUT2D eigenvalue weighted by Crippen LogP contribution is 2.37. The number of aryl methyl sites for hydroxylation is 1. The van der Waals surface area contributed by atoms with E-state index in [2.05, 4.69) is 25.4 Å². The maximum atomic E-state index is 12.8. The van der Waals surface area contributed by atoms with Gasteiger partial charge in [0, 0.05) is 22.3 Å². The fourth-order valence-corrected chi connectivity index (χ4v) is 4.42. The number of aliphatic carboxylic acids is 1. The lowest BCUT2D eigenvalue weighted by Crippen LogP contribution is -2.17. The molecule has 3 aromatic heterocycles. The Balaban J connectivity index is 1.43. The van der Waals surface area contributed by atoms with Crippen LogP contribution in [0.5, 0.6) is 0 Å². The molecular formula is C27H22ClN5O5. The zero-order chi connectivity index (χ0) is 26.8. The van der Waals surface area contributed by atoms with Gasteiger partial charge in [-0.05, 0) is 25.5 Å². The van der Waals surface area contributed by atoms with Crippen LogP contribution in [-0.2, 0) is 16.0 Å².